The fourth-order valence-electron chi connectivity index (χ4n) is 1.40. The van der Waals surface area contributed by atoms with E-state index in [1.165, 1.54) is 0 Å². The summed E-state index contributed by atoms with van der Waals surface area (Å²) in [5.41, 5.74) is 0. The van der Waals surface area contributed by atoms with Crippen LogP contribution in [0.25, 0.3) is 0 Å². The van der Waals surface area contributed by atoms with Crippen molar-refractivity contribution in [2.75, 3.05) is 19.6 Å². The average Bonchev–Trinajstić information content (AvgIpc) is 2.35. The summed E-state index contributed by atoms with van der Waals surface area (Å²) in [6.45, 7) is 5.80. The van der Waals surface area contributed by atoms with E-state index in [9.17, 15) is 8.42 Å². The van der Waals surface area contributed by atoms with E-state index in [0.29, 0.717) is 19.0 Å². The van der Waals surface area contributed by atoms with Crippen molar-refractivity contribution in [2.24, 2.45) is 5.92 Å². The van der Waals surface area contributed by atoms with Crippen LogP contribution in [0.15, 0.2) is 0 Å². The van der Waals surface area contributed by atoms with E-state index >= 15 is 0 Å². The smallest absolute Gasteiger partial charge is 0.277 e. The predicted molar refractivity (Wildman–Crippen MR) is 51.6 cm³/mol. The largest absolute Gasteiger partial charge is 0.315 e. The molecule has 1 saturated heterocycles. The van der Waals surface area contributed by atoms with Gasteiger partial charge in [-0.3, -0.25) is 0 Å². The summed E-state index contributed by atoms with van der Waals surface area (Å²) in [6, 6.07) is 0.0176. The maximum Gasteiger partial charge on any atom is 0.277 e. The minimum Gasteiger partial charge on any atom is -0.315 e. The Kier molecular flexibility index (Phi) is 3.66. The van der Waals surface area contributed by atoms with Crippen LogP contribution in [0.3, 0.4) is 0 Å². The fourth-order valence-corrected chi connectivity index (χ4v) is 2.58. The lowest BCUT2D eigenvalue weighted by Gasteiger charge is -2.16. The molecular formula is C7H17N3O2S. The molecule has 3 N–H and O–H groups in total. The summed E-state index contributed by atoms with van der Waals surface area (Å²) in [5, 5.41) is 3.13. The summed E-state index contributed by atoms with van der Waals surface area (Å²) in [5.74, 6) is 0.355. The van der Waals surface area contributed by atoms with Gasteiger partial charge in [-0.25, -0.2) is 4.72 Å². The molecule has 1 aliphatic rings. The van der Waals surface area contributed by atoms with Crippen molar-refractivity contribution < 1.29 is 8.42 Å². The van der Waals surface area contributed by atoms with Gasteiger partial charge in [0.15, 0.2) is 0 Å². The van der Waals surface area contributed by atoms with Crippen molar-refractivity contribution in [3.63, 3.8) is 0 Å². The van der Waals surface area contributed by atoms with Gasteiger partial charge in [-0.05, 0) is 12.5 Å². The van der Waals surface area contributed by atoms with Gasteiger partial charge in [0.1, 0.15) is 0 Å². The molecule has 0 bridgehead atoms. The van der Waals surface area contributed by atoms with Crippen LogP contribution in [0.2, 0.25) is 0 Å². The molecule has 0 aromatic rings. The maximum atomic E-state index is 11.3. The van der Waals surface area contributed by atoms with Gasteiger partial charge in [0, 0.05) is 19.1 Å². The first-order valence-corrected chi connectivity index (χ1v) is 6.01. The summed E-state index contributed by atoms with van der Waals surface area (Å²) in [6.07, 6.45) is 0. The van der Waals surface area contributed by atoms with Crippen molar-refractivity contribution in [3.8, 4) is 0 Å². The number of rotatable bonds is 4. The molecule has 0 aliphatic carbocycles. The lowest BCUT2D eigenvalue weighted by Crippen LogP contribution is -2.45. The van der Waals surface area contributed by atoms with Crippen LogP contribution >= 0.6 is 0 Å². The van der Waals surface area contributed by atoms with Crippen molar-refractivity contribution in [3.05, 3.63) is 0 Å². The van der Waals surface area contributed by atoms with E-state index < -0.39 is 10.2 Å². The molecule has 1 aliphatic heterocycles. The third kappa shape index (κ3) is 3.22. The fraction of sp³-hybridized carbons (Fsp3) is 1.00. The van der Waals surface area contributed by atoms with Crippen LogP contribution in [-0.2, 0) is 10.2 Å². The Labute approximate surface area is 79.5 Å². The average molecular weight is 207 g/mol. The molecule has 0 amide bonds. The molecule has 5 nitrogen and oxygen atoms in total. The second-order valence-electron chi connectivity index (χ2n) is 3.36. The zero-order valence-electron chi connectivity index (χ0n) is 8.00. The first-order chi connectivity index (χ1) is 6.05. The van der Waals surface area contributed by atoms with E-state index in [0.717, 1.165) is 6.54 Å². The van der Waals surface area contributed by atoms with Crippen LogP contribution < -0.4 is 14.8 Å². The molecule has 0 radical (unpaired) electrons. The van der Waals surface area contributed by atoms with Gasteiger partial charge in [-0.1, -0.05) is 13.8 Å². The number of hydrogen-bond donors (Lipinski definition) is 3. The molecule has 0 aromatic carbocycles. The Morgan fingerprint density at radius 3 is 2.62 bits per heavy atom. The van der Waals surface area contributed by atoms with Crippen molar-refractivity contribution in [1.29, 1.82) is 0 Å². The maximum absolute atomic E-state index is 11.3. The third-order valence-electron chi connectivity index (χ3n) is 2.16. The monoisotopic (exact) mass is 207 g/mol. The molecule has 13 heavy (non-hydrogen) atoms. The van der Waals surface area contributed by atoms with E-state index in [4.69, 9.17) is 0 Å². The van der Waals surface area contributed by atoms with Crippen LogP contribution in [-0.4, -0.2) is 34.1 Å². The van der Waals surface area contributed by atoms with Gasteiger partial charge >= 0.3 is 0 Å². The second kappa shape index (κ2) is 4.36. The summed E-state index contributed by atoms with van der Waals surface area (Å²) >= 11 is 0. The number of nitrogens with one attached hydrogen (secondary N) is 3. The Morgan fingerprint density at radius 1 is 1.46 bits per heavy atom. The SMILES string of the molecule is CCNS(=O)(=O)NC1CNCC1C. The highest BCUT2D eigenvalue weighted by atomic mass is 32.2. The standard InChI is InChI=1S/C7H17N3O2S/c1-3-9-13(11,12)10-7-5-8-4-6(7)2/h6-10H,3-5H2,1-2H3. The lowest BCUT2D eigenvalue weighted by atomic mass is 10.1. The quantitative estimate of drug-likeness (QED) is 0.556. The first kappa shape index (κ1) is 10.9. The zero-order chi connectivity index (χ0) is 9.90. The Balaban J connectivity index is 2.47. The van der Waals surface area contributed by atoms with Gasteiger partial charge in [-0.15, -0.1) is 0 Å². The van der Waals surface area contributed by atoms with Crippen LogP contribution in [0.1, 0.15) is 13.8 Å². The highest BCUT2D eigenvalue weighted by Gasteiger charge is 2.26. The van der Waals surface area contributed by atoms with E-state index in [1.54, 1.807) is 6.92 Å². The van der Waals surface area contributed by atoms with Crippen LogP contribution in [0.4, 0.5) is 0 Å². The topological polar surface area (TPSA) is 70.2 Å². The molecule has 1 fully saturated rings. The van der Waals surface area contributed by atoms with E-state index in [1.807, 2.05) is 6.92 Å². The molecule has 2 unspecified atom stereocenters. The highest BCUT2D eigenvalue weighted by Crippen LogP contribution is 2.07. The van der Waals surface area contributed by atoms with E-state index in [2.05, 4.69) is 14.8 Å². The molecule has 78 valence electrons. The Bertz CT molecular complexity index is 252. The van der Waals surface area contributed by atoms with Gasteiger partial charge in [-0.2, -0.15) is 13.1 Å². The first-order valence-electron chi connectivity index (χ1n) is 4.53. The minimum atomic E-state index is -3.29. The van der Waals surface area contributed by atoms with Crippen LogP contribution in [0, 0.1) is 5.92 Å². The third-order valence-corrected chi connectivity index (χ3v) is 3.44. The van der Waals surface area contributed by atoms with Gasteiger partial charge in [0.05, 0.1) is 0 Å². The molecule has 6 heteroatoms. The van der Waals surface area contributed by atoms with Crippen molar-refractivity contribution in [2.45, 2.75) is 19.9 Å². The van der Waals surface area contributed by atoms with Crippen molar-refractivity contribution in [1.82, 2.24) is 14.8 Å². The Hall–Kier alpha value is -0.170. The molecule has 0 saturated carbocycles. The summed E-state index contributed by atoms with van der Waals surface area (Å²) < 4.78 is 27.6. The van der Waals surface area contributed by atoms with Gasteiger partial charge < -0.3 is 5.32 Å². The molecular weight excluding hydrogens is 190 g/mol. The summed E-state index contributed by atoms with van der Waals surface area (Å²) in [7, 11) is -3.29. The normalized spacial score (nSPS) is 29.4. The molecule has 0 aromatic heterocycles. The van der Waals surface area contributed by atoms with Crippen molar-refractivity contribution >= 4 is 10.2 Å². The number of hydrogen-bond acceptors (Lipinski definition) is 3. The summed E-state index contributed by atoms with van der Waals surface area (Å²) in [4.78, 5) is 0. The molecule has 1 heterocycles. The lowest BCUT2D eigenvalue weighted by molar-refractivity contribution is 0.496. The second-order valence-corrected chi connectivity index (χ2v) is 4.89. The highest BCUT2D eigenvalue weighted by molar-refractivity contribution is 7.87. The minimum absolute atomic E-state index is 0.0176. The Morgan fingerprint density at radius 2 is 2.15 bits per heavy atom. The predicted octanol–water partition coefficient (Wildman–Crippen LogP) is -0.962. The molecule has 1 rings (SSSR count). The molecule has 0 spiro atoms. The van der Waals surface area contributed by atoms with Gasteiger partial charge in [0.25, 0.3) is 10.2 Å². The molecule has 2 atom stereocenters. The van der Waals surface area contributed by atoms with E-state index in [-0.39, 0.29) is 6.04 Å². The zero-order valence-corrected chi connectivity index (χ0v) is 8.82. The van der Waals surface area contributed by atoms with Crippen LogP contribution in [0.5, 0.6) is 0 Å². The van der Waals surface area contributed by atoms with Gasteiger partial charge in [0.2, 0.25) is 0 Å².